The number of para-hydroxylation sites is 1. The highest BCUT2D eigenvalue weighted by Gasteiger charge is 2.40. The average molecular weight is 376 g/mol. The van der Waals surface area contributed by atoms with Gasteiger partial charge in [0.15, 0.2) is 9.84 Å². The molecule has 1 heterocycles. The van der Waals surface area contributed by atoms with Crippen LogP contribution < -0.4 is 10.2 Å². The molecule has 0 bridgehead atoms. The number of aromatic hydroxyl groups is 1. The number of benzene rings is 2. The minimum absolute atomic E-state index is 0.00804. The van der Waals surface area contributed by atoms with E-state index in [4.69, 9.17) is 0 Å². The van der Waals surface area contributed by atoms with Crippen LogP contribution in [0.3, 0.4) is 0 Å². The van der Waals surface area contributed by atoms with Crippen LogP contribution in [0.15, 0.2) is 54.6 Å². The molecule has 8 heteroatoms. The van der Waals surface area contributed by atoms with Gasteiger partial charge in [-0.05, 0) is 24.3 Å². The standard InChI is InChI=1S/C18H20N2O5S/c21-15-8-4-7-14(9-15)20(16-11-26(24,25)12-17(16)22)10-18(23)19-13-5-2-1-3-6-13/h1-9,16-17,21-22H,10-12H2,(H,19,23). The molecule has 3 rings (SSSR count). The molecule has 1 fully saturated rings. The van der Waals surface area contributed by atoms with E-state index in [-0.39, 0.29) is 29.7 Å². The molecule has 26 heavy (non-hydrogen) atoms. The van der Waals surface area contributed by atoms with Crippen molar-refractivity contribution in [2.75, 3.05) is 28.3 Å². The zero-order chi connectivity index (χ0) is 18.7. The monoisotopic (exact) mass is 376 g/mol. The van der Waals surface area contributed by atoms with Gasteiger partial charge >= 0.3 is 0 Å². The zero-order valence-corrected chi connectivity index (χ0v) is 14.8. The smallest absolute Gasteiger partial charge is 0.243 e. The van der Waals surface area contributed by atoms with Gasteiger partial charge in [0.25, 0.3) is 0 Å². The number of nitrogens with zero attached hydrogens (tertiary/aromatic N) is 1. The molecule has 3 N–H and O–H groups in total. The maximum atomic E-state index is 12.5. The van der Waals surface area contributed by atoms with Crippen LogP contribution in [0.2, 0.25) is 0 Å². The van der Waals surface area contributed by atoms with Crippen LogP contribution in [0.4, 0.5) is 11.4 Å². The molecule has 1 aliphatic heterocycles. The number of aliphatic hydroxyl groups is 1. The van der Waals surface area contributed by atoms with Crippen molar-refractivity contribution < 1.29 is 23.4 Å². The molecule has 0 aromatic heterocycles. The maximum Gasteiger partial charge on any atom is 0.243 e. The van der Waals surface area contributed by atoms with Crippen molar-refractivity contribution in [2.24, 2.45) is 0 Å². The summed E-state index contributed by atoms with van der Waals surface area (Å²) in [6, 6.07) is 14.3. The molecule has 1 amide bonds. The number of nitrogens with one attached hydrogen (secondary N) is 1. The Bertz CT molecular complexity index is 885. The normalized spacial score (nSPS) is 21.3. The molecule has 1 aliphatic rings. The minimum Gasteiger partial charge on any atom is -0.508 e. The lowest BCUT2D eigenvalue weighted by Crippen LogP contribution is -2.47. The Kier molecular flexibility index (Phi) is 5.15. The molecular formula is C18H20N2O5S. The van der Waals surface area contributed by atoms with E-state index in [9.17, 15) is 23.4 Å². The Hall–Kier alpha value is -2.58. The second-order valence-corrected chi connectivity index (χ2v) is 8.43. The van der Waals surface area contributed by atoms with Gasteiger partial charge < -0.3 is 20.4 Å². The molecule has 7 nitrogen and oxygen atoms in total. The first kappa shape index (κ1) is 18.2. The summed E-state index contributed by atoms with van der Waals surface area (Å²) < 4.78 is 23.8. The van der Waals surface area contributed by atoms with Crippen molar-refractivity contribution in [1.82, 2.24) is 0 Å². The number of phenols is 1. The highest BCUT2D eigenvalue weighted by molar-refractivity contribution is 7.91. The highest BCUT2D eigenvalue weighted by atomic mass is 32.2. The van der Waals surface area contributed by atoms with Gasteiger partial charge in [0.1, 0.15) is 5.75 Å². The largest absolute Gasteiger partial charge is 0.508 e. The van der Waals surface area contributed by atoms with Gasteiger partial charge in [0.05, 0.1) is 30.2 Å². The fraction of sp³-hybridized carbons (Fsp3) is 0.278. The first-order valence-corrected chi connectivity index (χ1v) is 9.95. The predicted octanol–water partition coefficient (Wildman–Crippen LogP) is 0.995. The average Bonchev–Trinajstić information content (AvgIpc) is 2.86. The Labute approximate surface area is 151 Å². The van der Waals surface area contributed by atoms with E-state index in [1.165, 1.54) is 17.0 Å². The van der Waals surface area contributed by atoms with Crippen LogP contribution >= 0.6 is 0 Å². The molecule has 2 unspecified atom stereocenters. The van der Waals surface area contributed by atoms with Gasteiger partial charge in [-0.15, -0.1) is 0 Å². The minimum atomic E-state index is -3.39. The molecule has 0 aliphatic carbocycles. The third kappa shape index (κ3) is 4.33. The van der Waals surface area contributed by atoms with Gasteiger partial charge in [0, 0.05) is 17.4 Å². The molecule has 1 saturated heterocycles. The number of carbonyl (C=O) groups excluding carboxylic acids is 1. The van der Waals surface area contributed by atoms with Crippen molar-refractivity contribution in [1.29, 1.82) is 0 Å². The third-order valence-electron chi connectivity index (χ3n) is 4.23. The second-order valence-electron chi connectivity index (χ2n) is 6.27. The van der Waals surface area contributed by atoms with E-state index in [2.05, 4.69) is 5.32 Å². The zero-order valence-electron chi connectivity index (χ0n) is 13.9. The Morgan fingerprint density at radius 3 is 2.46 bits per heavy atom. The molecule has 2 aromatic rings. The van der Waals surface area contributed by atoms with Gasteiger partial charge in [-0.25, -0.2) is 8.42 Å². The Balaban J connectivity index is 1.85. The summed E-state index contributed by atoms with van der Waals surface area (Å²) in [5.74, 6) is -0.947. The lowest BCUT2D eigenvalue weighted by atomic mass is 10.1. The summed E-state index contributed by atoms with van der Waals surface area (Å²) in [6.07, 6.45) is -1.10. The summed E-state index contributed by atoms with van der Waals surface area (Å²) >= 11 is 0. The summed E-state index contributed by atoms with van der Waals surface area (Å²) in [7, 11) is -3.39. The Morgan fingerprint density at radius 1 is 1.12 bits per heavy atom. The first-order chi connectivity index (χ1) is 12.3. The lowest BCUT2D eigenvalue weighted by Gasteiger charge is -2.31. The molecule has 0 radical (unpaired) electrons. The number of rotatable bonds is 5. The molecule has 0 saturated carbocycles. The summed E-state index contributed by atoms with van der Waals surface area (Å²) in [5.41, 5.74) is 1.09. The van der Waals surface area contributed by atoms with Crippen LogP contribution in [0.5, 0.6) is 5.75 Å². The van der Waals surface area contributed by atoms with E-state index >= 15 is 0 Å². The number of carbonyl (C=O) groups is 1. The summed E-state index contributed by atoms with van der Waals surface area (Å²) in [6.45, 7) is -0.157. The molecule has 2 atom stereocenters. The van der Waals surface area contributed by atoms with Crippen LogP contribution in [-0.4, -0.2) is 54.7 Å². The fourth-order valence-corrected chi connectivity index (χ4v) is 4.86. The number of hydrogen-bond acceptors (Lipinski definition) is 6. The second kappa shape index (κ2) is 7.35. The van der Waals surface area contributed by atoms with E-state index in [1.807, 2.05) is 6.07 Å². The van der Waals surface area contributed by atoms with Gasteiger partial charge in [-0.1, -0.05) is 24.3 Å². The predicted molar refractivity (Wildman–Crippen MR) is 99.0 cm³/mol. The molecule has 0 spiro atoms. The summed E-state index contributed by atoms with van der Waals surface area (Å²) in [5, 5.41) is 22.7. The number of amides is 1. The quantitative estimate of drug-likeness (QED) is 0.719. The molecule has 138 valence electrons. The van der Waals surface area contributed by atoms with Crippen LogP contribution in [0, 0.1) is 0 Å². The van der Waals surface area contributed by atoms with Crippen molar-refractivity contribution in [3.63, 3.8) is 0 Å². The van der Waals surface area contributed by atoms with Gasteiger partial charge in [-0.2, -0.15) is 0 Å². The van der Waals surface area contributed by atoms with E-state index in [1.54, 1.807) is 36.4 Å². The van der Waals surface area contributed by atoms with Crippen molar-refractivity contribution in [2.45, 2.75) is 12.1 Å². The molecule has 2 aromatic carbocycles. The first-order valence-electron chi connectivity index (χ1n) is 8.13. The summed E-state index contributed by atoms with van der Waals surface area (Å²) in [4.78, 5) is 14.0. The van der Waals surface area contributed by atoms with Crippen molar-refractivity contribution in [3.05, 3.63) is 54.6 Å². The maximum absolute atomic E-state index is 12.5. The number of hydrogen-bond donors (Lipinski definition) is 3. The third-order valence-corrected chi connectivity index (χ3v) is 5.93. The SMILES string of the molecule is O=C(CN(c1cccc(O)c1)C1CS(=O)(=O)CC1O)Nc1ccccc1. The van der Waals surface area contributed by atoms with Crippen molar-refractivity contribution >= 4 is 27.1 Å². The number of aliphatic hydroxyl groups excluding tert-OH is 1. The Morgan fingerprint density at radius 2 is 1.85 bits per heavy atom. The molecular weight excluding hydrogens is 356 g/mol. The van der Waals surface area contributed by atoms with Crippen LogP contribution in [-0.2, 0) is 14.6 Å². The highest BCUT2D eigenvalue weighted by Crippen LogP contribution is 2.27. The van der Waals surface area contributed by atoms with Gasteiger partial charge in [-0.3, -0.25) is 4.79 Å². The van der Waals surface area contributed by atoms with Crippen molar-refractivity contribution in [3.8, 4) is 5.75 Å². The van der Waals surface area contributed by atoms with E-state index < -0.39 is 22.0 Å². The van der Waals surface area contributed by atoms with E-state index in [0.717, 1.165) is 0 Å². The van der Waals surface area contributed by atoms with Crippen LogP contribution in [0.1, 0.15) is 0 Å². The van der Waals surface area contributed by atoms with Crippen LogP contribution in [0.25, 0.3) is 0 Å². The van der Waals surface area contributed by atoms with Gasteiger partial charge in [0.2, 0.25) is 5.91 Å². The number of anilines is 2. The topological polar surface area (TPSA) is 107 Å². The number of sulfone groups is 1. The lowest BCUT2D eigenvalue weighted by molar-refractivity contribution is -0.115. The fourth-order valence-electron chi connectivity index (χ4n) is 3.06. The number of phenolic OH excluding ortho intramolecular Hbond substituents is 1. The van der Waals surface area contributed by atoms with E-state index in [0.29, 0.717) is 11.4 Å².